The maximum atomic E-state index is 11.7. The summed E-state index contributed by atoms with van der Waals surface area (Å²) in [6, 6.07) is 7.88. The van der Waals surface area contributed by atoms with Crippen molar-refractivity contribution in [2.24, 2.45) is 10.6 Å². The van der Waals surface area contributed by atoms with E-state index in [4.69, 9.17) is 9.57 Å². The van der Waals surface area contributed by atoms with Gasteiger partial charge in [-0.15, -0.1) is 0 Å². The molecule has 1 aromatic carbocycles. The zero-order valence-electron chi connectivity index (χ0n) is 12.1. The largest absolute Gasteiger partial charge is 0.481 e. The van der Waals surface area contributed by atoms with E-state index in [9.17, 15) is 9.90 Å². The molecule has 2 heterocycles. The molecule has 0 amide bonds. The molecule has 0 saturated carbocycles. The number of oxime groups is 1. The summed E-state index contributed by atoms with van der Waals surface area (Å²) in [4.78, 5) is 17.2. The Morgan fingerprint density at radius 1 is 1.41 bits per heavy atom. The Morgan fingerprint density at radius 3 is 2.86 bits per heavy atom. The van der Waals surface area contributed by atoms with Gasteiger partial charge < -0.3 is 14.7 Å². The molecule has 0 bridgehead atoms. The van der Waals surface area contributed by atoms with Gasteiger partial charge in [-0.3, -0.25) is 4.79 Å². The van der Waals surface area contributed by atoms with Gasteiger partial charge in [-0.2, -0.15) is 0 Å². The Kier molecular flexibility index (Phi) is 4.49. The van der Waals surface area contributed by atoms with Gasteiger partial charge in [0.2, 0.25) is 0 Å². The lowest BCUT2D eigenvalue weighted by molar-refractivity contribution is -0.158. The number of aliphatic carboxylic acids is 1. The lowest BCUT2D eigenvalue weighted by atomic mass is 9.75. The van der Waals surface area contributed by atoms with Crippen LogP contribution in [0.1, 0.15) is 31.2 Å². The molecule has 0 aliphatic carbocycles. The number of hydrogen-bond acceptors (Lipinski definition) is 4. The molecule has 1 fully saturated rings. The van der Waals surface area contributed by atoms with Gasteiger partial charge in [0.25, 0.3) is 0 Å². The third kappa shape index (κ3) is 3.17. The Balaban J connectivity index is 1.67. The summed E-state index contributed by atoms with van der Waals surface area (Å²) in [6.45, 7) is 0.997. The van der Waals surface area contributed by atoms with Crippen molar-refractivity contribution < 1.29 is 19.5 Å². The van der Waals surface area contributed by atoms with Crippen molar-refractivity contribution in [2.45, 2.75) is 31.8 Å². The first kappa shape index (κ1) is 15.5. The first-order chi connectivity index (χ1) is 10.6. The van der Waals surface area contributed by atoms with E-state index < -0.39 is 11.4 Å². The van der Waals surface area contributed by atoms with Gasteiger partial charge >= 0.3 is 5.97 Å². The molecule has 1 saturated heterocycles. The number of hydrogen-bond donors (Lipinski definition) is 1. The van der Waals surface area contributed by atoms with Crippen molar-refractivity contribution in [2.75, 3.05) is 13.2 Å². The Morgan fingerprint density at radius 2 is 2.18 bits per heavy atom. The molecule has 0 aromatic heterocycles. The molecular formula is C16H18BrNO4. The normalized spacial score (nSPS) is 23.7. The van der Waals surface area contributed by atoms with Gasteiger partial charge in [0.1, 0.15) is 6.10 Å². The maximum Gasteiger partial charge on any atom is 0.309 e. The molecule has 5 nitrogen and oxygen atoms in total. The number of carboxylic acids is 1. The Hall–Kier alpha value is -1.40. The molecule has 0 unspecified atom stereocenters. The maximum absolute atomic E-state index is 11.7. The lowest BCUT2D eigenvalue weighted by Crippen LogP contribution is -2.40. The third-order valence-electron chi connectivity index (χ3n) is 4.41. The van der Waals surface area contributed by atoms with E-state index in [0.29, 0.717) is 38.9 Å². The number of halogens is 1. The standard InChI is InChI=1S/C16H18BrNO4/c17-12-3-1-2-11(8-12)14-9-13(22-18-14)10-16(15(19)20)4-6-21-7-5-16/h1-3,8,13H,4-7,9-10H2,(H,19,20)/t13-/m0/s1. The van der Waals surface area contributed by atoms with Crippen LogP contribution in [0, 0.1) is 5.41 Å². The molecule has 22 heavy (non-hydrogen) atoms. The van der Waals surface area contributed by atoms with Crippen molar-refractivity contribution in [1.82, 2.24) is 0 Å². The van der Waals surface area contributed by atoms with E-state index in [1.54, 1.807) is 0 Å². The van der Waals surface area contributed by atoms with Gasteiger partial charge in [-0.1, -0.05) is 33.2 Å². The van der Waals surface area contributed by atoms with Crippen LogP contribution in [0.15, 0.2) is 33.9 Å². The van der Waals surface area contributed by atoms with Crippen LogP contribution < -0.4 is 0 Å². The van der Waals surface area contributed by atoms with Crippen LogP contribution in [0.2, 0.25) is 0 Å². The number of ether oxygens (including phenoxy) is 1. The quantitative estimate of drug-likeness (QED) is 0.886. The number of carboxylic acid groups (broad SMARTS) is 1. The van der Waals surface area contributed by atoms with Gasteiger partial charge in [-0.25, -0.2) is 0 Å². The first-order valence-corrected chi connectivity index (χ1v) is 8.18. The predicted molar refractivity (Wildman–Crippen MR) is 84.9 cm³/mol. The highest BCUT2D eigenvalue weighted by Gasteiger charge is 2.43. The van der Waals surface area contributed by atoms with E-state index in [0.717, 1.165) is 15.7 Å². The fourth-order valence-electron chi connectivity index (χ4n) is 3.08. The highest BCUT2D eigenvalue weighted by molar-refractivity contribution is 9.10. The van der Waals surface area contributed by atoms with Gasteiger partial charge in [0.15, 0.2) is 0 Å². The Bertz CT molecular complexity index is 596. The smallest absolute Gasteiger partial charge is 0.309 e. The van der Waals surface area contributed by atoms with Crippen LogP contribution in [-0.4, -0.2) is 36.1 Å². The molecule has 6 heteroatoms. The average molecular weight is 368 g/mol. The van der Waals surface area contributed by atoms with E-state index in [2.05, 4.69) is 21.1 Å². The summed E-state index contributed by atoms with van der Waals surface area (Å²) in [6.07, 6.45) is 2.02. The second kappa shape index (κ2) is 6.38. The summed E-state index contributed by atoms with van der Waals surface area (Å²) in [5.74, 6) is -0.754. The van der Waals surface area contributed by atoms with Crippen LogP contribution in [0.5, 0.6) is 0 Å². The van der Waals surface area contributed by atoms with E-state index in [1.165, 1.54) is 0 Å². The minimum Gasteiger partial charge on any atom is -0.481 e. The molecule has 118 valence electrons. The van der Waals surface area contributed by atoms with Crippen LogP contribution >= 0.6 is 15.9 Å². The molecule has 0 radical (unpaired) electrons. The third-order valence-corrected chi connectivity index (χ3v) is 4.91. The molecule has 2 aliphatic heterocycles. The monoisotopic (exact) mass is 367 g/mol. The van der Waals surface area contributed by atoms with Crippen molar-refractivity contribution in [1.29, 1.82) is 0 Å². The topological polar surface area (TPSA) is 68.1 Å². The summed E-state index contributed by atoms with van der Waals surface area (Å²) in [5, 5.41) is 13.8. The minimum absolute atomic E-state index is 0.178. The molecule has 0 spiro atoms. The highest BCUT2D eigenvalue weighted by atomic mass is 79.9. The van der Waals surface area contributed by atoms with Crippen molar-refractivity contribution in [3.63, 3.8) is 0 Å². The number of nitrogens with zero attached hydrogens (tertiary/aromatic N) is 1. The summed E-state index contributed by atoms with van der Waals surface area (Å²) in [5.41, 5.74) is 1.14. The average Bonchev–Trinajstić information content (AvgIpc) is 2.96. The summed E-state index contributed by atoms with van der Waals surface area (Å²) < 4.78 is 6.29. The predicted octanol–water partition coefficient (Wildman–Crippen LogP) is 3.21. The van der Waals surface area contributed by atoms with Crippen molar-refractivity contribution in [3.8, 4) is 0 Å². The molecule has 1 atom stereocenters. The lowest BCUT2D eigenvalue weighted by Gasteiger charge is -2.34. The van der Waals surface area contributed by atoms with Crippen LogP contribution in [0.25, 0.3) is 0 Å². The van der Waals surface area contributed by atoms with Crippen LogP contribution in [0.3, 0.4) is 0 Å². The fourth-order valence-corrected chi connectivity index (χ4v) is 3.48. The van der Waals surface area contributed by atoms with Gasteiger partial charge in [0, 0.05) is 36.1 Å². The first-order valence-electron chi connectivity index (χ1n) is 7.39. The van der Waals surface area contributed by atoms with E-state index in [1.807, 2.05) is 24.3 Å². The minimum atomic E-state index is -0.754. The highest BCUT2D eigenvalue weighted by Crippen LogP contribution is 2.38. The zero-order chi connectivity index (χ0) is 15.6. The van der Waals surface area contributed by atoms with E-state index in [-0.39, 0.29) is 6.10 Å². The van der Waals surface area contributed by atoms with Crippen LogP contribution in [-0.2, 0) is 14.4 Å². The van der Waals surface area contributed by atoms with Crippen molar-refractivity contribution >= 4 is 27.6 Å². The number of rotatable bonds is 4. The van der Waals surface area contributed by atoms with Gasteiger partial charge in [-0.05, 0) is 25.0 Å². The zero-order valence-corrected chi connectivity index (χ0v) is 13.7. The second-order valence-corrected chi connectivity index (χ2v) is 6.80. The molecule has 1 aromatic rings. The van der Waals surface area contributed by atoms with Crippen molar-refractivity contribution in [3.05, 3.63) is 34.3 Å². The summed E-state index contributed by atoms with van der Waals surface area (Å²) >= 11 is 3.44. The summed E-state index contributed by atoms with van der Waals surface area (Å²) in [7, 11) is 0. The van der Waals surface area contributed by atoms with Crippen LogP contribution in [0.4, 0.5) is 0 Å². The molecule has 2 aliphatic rings. The number of benzene rings is 1. The van der Waals surface area contributed by atoms with E-state index >= 15 is 0 Å². The fraction of sp³-hybridized carbons (Fsp3) is 0.500. The SMILES string of the molecule is O=C(O)C1(C[C@@H]2CC(c3cccc(Br)c3)=NO2)CCOCC1. The molecule has 3 rings (SSSR count). The number of carbonyl (C=O) groups is 1. The molecule has 1 N–H and O–H groups in total. The second-order valence-electron chi connectivity index (χ2n) is 5.88. The Labute approximate surface area is 137 Å². The van der Waals surface area contributed by atoms with Gasteiger partial charge in [0.05, 0.1) is 11.1 Å². The molecular weight excluding hydrogens is 350 g/mol.